The van der Waals surface area contributed by atoms with Crippen molar-refractivity contribution >= 4 is 0 Å². The molecule has 12 heavy (non-hydrogen) atoms. The van der Waals surface area contributed by atoms with E-state index in [-0.39, 0.29) is 0 Å². The van der Waals surface area contributed by atoms with Crippen LogP contribution in [0.4, 0.5) is 0 Å². The van der Waals surface area contributed by atoms with Crippen LogP contribution in [0.3, 0.4) is 0 Å². The standard InChI is InChI=1S/C11H25N/c1-5-10(3)9-11(4)7-8-12-6-2/h10-12H,5-9H2,1-4H3. The van der Waals surface area contributed by atoms with Crippen LogP contribution in [0.5, 0.6) is 0 Å². The highest BCUT2D eigenvalue weighted by molar-refractivity contribution is 4.59. The van der Waals surface area contributed by atoms with Crippen LogP contribution in [-0.2, 0) is 0 Å². The lowest BCUT2D eigenvalue weighted by Crippen LogP contribution is -2.17. The summed E-state index contributed by atoms with van der Waals surface area (Å²) in [5.41, 5.74) is 0. The van der Waals surface area contributed by atoms with Gasteiger partial charge in [0.25, 0.3) is 0 Å². The number of rotatable bonds is 7. The van der Waals surface area contributed by atoms with E-state index in [1.807, 2.05) is 0 Å². The van der Waals surface area contributed by atoms with E-state index >= 15 is 0 Å². The molecule has 0 aliphatic heterocycles. The van der Waals surface area contributed by atoms with E-state index in [1.54, 1.807) is 0 Å². The second-order valence-electron chi connectivity index (χ2n) is 4.00. The average molecular weight is 171 g/mol. The summed E-state index contributed by atoms with van der Waals surface area (Å²) in [6.45, 7) is 11.5. The lowest BCUT2D eigenvalue weighted by Gasteiger charge is -2.15. The molecule has 0 aliphatic rings. The van der Waals surface area contributed by atoms with Gasteiger partial charge in [0.15, 0.2) is 0 Å². The van der Waals surface area contributed by atoms with Gasteiger partial charge in [0, 0.05) is 0 Å². The van der Waals surface area contributed by atoms with Crippen LogP contribution in [0.25, 0.3) is 0 Å². The molecule has 0 aromatic carbocycles. The predicted octanol–water partition coefficient (Wildman–Crippen LogP) is 3.06. The van der Waals surface area contributed by atoms with E-state index in [2.05, 4.69) is 33.0 Å². The molecule has 1 nitrogen and oxygen atoms in total. The van der Waals surface area contributed by atoms with Gasteiger partial charge in [-0.25, -0.2) is 0 Å². The van der Waals surface area contributed by atoms with Gasteiger partial charge in [0.1, 0.15) is 0 Å². The third-order valence-corrected chi connectivity index (χ3v) is 2.57. The minimum absolute atomic E-state index is 0.888. The van der Waals surface area contributed by atoms with Crippen molar-refractivity contribution in [1.29, 1.82) is 0 Å². The molecule has 0 rings (SSSR count). The van der Waals surface area contributed by atoms with E-state index < -0.39 is 0 Å². The molecular weight excluding hydrogens is 146 g/mol. The van der Waals surface area contributed by atoms with Gasteiger partial charge in [-0.2, -0.15) is 0 Å². The molecule has 0 bridgehead atoms. The Morgan fingerprint density at radius 3 is 2.25 bits per heavy atom. The third kappa shape index (κ3) is 6.66. The maximum absolute atomic E-state index is 3.37. The summed E-state index contributed by atoms with van der Waals surface area (Å²) in [7, 11) is 0. The lowest BCUT2D eigenvalue weighted by atomic mass is 9.93. The van der Waals surface area contributed by atoms with E-state index in [0.29, 0.717) is 0 Å². The van der Waals surface area contributed by atoms with Crippen molar-refractivity contribution in [3.8, 4) is 0 Å². The monoisotopic (exact) mass is 171 g/mol. The summed E-state index contributed by atoms with van der Waals surface area (Å²) >= 11 is 0. The van der Waals surface area contributed by atoms with Crippen molar-refractivity contribution in [2.24, 2.45) is 11.8 Å². The van der Waals surface area contributed by atoms with Gasteiger partial charge in [0.05, 0.1) is 0 Å². The first kappa shape index (κ1) is 12.0. The molecule has 74 valence electrons. The van der Waals surface area contributed by atoms with Gasteiger partial charge in [-0.3, -0.25) is 0 Å². The molecule has 1 N–H and O–H groups in total. The fourth-order valence-corrected chi connectivity index (χ4v) is 1.50. The zero-order valence-electron chi connectivity index (χ0n) is 9.19. The van der Waals surface area contributed by atoms with Crippen molar-refractivity contribution in [2.45, 2.75) is 47.0 Å². The van der Waals surface area contributed by atoms with Crippen molar-refractivity contribution < 1.29 is 0 Å². The Labute approximate surface area is 77.9 Å². The Bertz CT molecular complexity index is 91.0. The maximum atomic E-state index is 3.37. The van der Waals surface area contributed by atoms with Crippen molar-refractivity contribution in [2.75, 3.05) is 13.1 Å². The highest BCUT2D eigenvalue weighted by atomic mass is 14.8. The molecule has 0 spiro atoms. The average Bonchev–Trinajstić information content (AvgIpc) is 2.05. The predicted molar refractivity (Wildman–Crippen MR) is 56.4 cm³/mol. The van der Waals surface area contributed by atoms with Crippen molar-refractivity contribution in [3.63, 3.8) is 0 Å². The number of hydrogen-bond acceptors (Lipinski definition) is 1. The molecule has 0 fully saturated rings. The van der Waals surface area contributed by atoms with Crippen LogP contribution in [-0.4, -0.2) is 13.1 Å². The van der Waals surface area contributed by atoms with E-state index in [0.717, 1.165) is 18.4 Å². The molecule has 2 unspecified atom stereocenters. The zero-order chi connectivity index (χ0) is 9.40. The summed E-state index contributed by atoms with van der Waals surface area (Å²) in [6.07, 6.45) is 4.05. The van der Waals surface area contributed by atoms with Crippen LogP contribution in [0.1, 0.15) is 47.0 Å². The summed E-state index contributed by atoms with van der Waals surface area (Å²) in [5.74, 6) is 1.79. The first-order valence-electron chi connectivity index (χ1n) is 5.41. The van der Waals surface area contributed by atoms with Crippen LogP contribution in [0.2, 0.25) is 0 Å². The summed E-state index contributed by atoms with van der Waals surface area (Å²) in [5, 5.41) is 3.37. The highest BCUT2D eigenvalue weighted by Gasteiger charge is 2.05. The molecule has 2 atom stereocenters. The summed E-state index contributed by atoms with van der Waals surface area (Å²) < 4.78 is 0. The molecular formula is C11H25N. The van der Waals surface area contributed by atoms with Crippen LogP contribution in [0.15, 0.2) is 0 Å². The quantitative estimate of drug-likeness (QED) is 0.580. The molecule has 0 amide bonds. The minimum Gasteiger partial charge on any atom is -0.317 e. The van der Waals surface area contributed by atoms with E-state index in [4.69, 9.17) is 0 Å². The first-order chi connectivity index (χ1) is 5.70. The van der Waals surface area contributed by atoms with Gasteiger partial charge in [-0.15, -0.1) is 0 Å². The molecule has 0 aromatic rings. The molecule has 0 heterocycles. The second kappa shape index (κ2) is 7.60. The third-order valence-electron chi connectivity index (χ3n) is 2.57. The Morgan fingerprint density at radius 1 is 1.08 bits per heavy atom. The van der Waals surface area contributed by atoms with Crippen LogP contribution < -0.4 is 5.32 Å². The van der Waals surface area contributed by atoms with Crippen LogP contribution in [0, 0.1) is 11.8 Å². The zero-order valence-corrected chi connectivity index (χ0v) is 9.19. The van der Waals surface area contributed by atoms with Gasteiger partial charge in [0.2, 0.25) is 0 Å². The maximum Gasteiger partial charge on any atom is -0.00465 e. The first-order valence-corrected chi connectivity index (χ1v) is 5.41. The summed E-state index contributed by atoms with van der Waals surface area (Å²) in [4.78, 5) is 0. The molecule has 0 saturated heterocycles. The molecule has 0 radical (unpaired) electrons. The van der Waals surface area contributed by atoms with Gasteiger partial charge < -0.3 is 5.32 Å². The fraction of sp³-hybridized carbons (Fsp3) is 1.00. The van der Waals surface area contributed by atoms with Gasteiger partial charge >= 0.3 is 0 Å². The SMILES string of the molecule is CCNCCC(C)CC(C)CC. The van der Waals surface area contributed by atoms with Crippen LogP contribution >= 0.6 is 0 Å². The Kier molecular flexibility index (Phi) is 7.58. The van der Waals surface area contributed by atoms with Gasteiger partial charge in [-0.05, 0) is 37.8 Å². The highest BCUT2D eigenvalue weighted by Crippen LogP contribution is 2.16. The molecule has 0 aromatic heterocycles. The van der Waals surface area contributed by atoms with E-state index in [9.17, 15) is 0 Å². The van der Waals surface area contributed by atoms with E-state index in [1.165, 1.54) is 25.8 Å². The molecule has 0 aliphatic carbocycles. The van der Waals surface area contributed by atoms with Crippen molar-refractivity contribution in [1.82, 2.24) is 5.32 Å². The summed E-state index contributed by atoms with van der Waals surface area (Å²) in [6, 6.07) is 0. The van der Waals surface area contributed by atoms with Crippen molar-refractivity contribution in [3.05, 3.63) is 0 Å². The normalized spacial score (nSPS) is 16.0. The van der Waals surface area contributed by atoms with Gasteiger partial charge in [-0.1, -0.05) is 34.1 Å². The smallest absolute Gasteiger partial charge is 0.00465 e. The topological polar surface area (TPSA) is 12.0 Å². The fourth-order valence-electron chi connectivity index (χ4n) is 1.50. The second-order valence-corrected chi connectivity index (χ2v) is 4.00. The Morgan fingerprint density at radius 2 is 1.75 bits per heavy atom. The minimum atomic E-state index is 0.888. The number of nitrogens with one attached hydrogen (secondary N) is 1. The largest absolute Gasteiger partial charge is 0.317 e. The molecule has 0 saturated carbocycles. The Hall–Kier alpha value is -0.0400. The lowest BCUT2D eigenvalue weighted by molar-refractivity contribution is 0.382. The Balaban J connectivity index is 3.26. The number of hydrogen-bond donors (Lipinski definition) is 1. The molecule has 1 heteroatoms.